The molecule has 0 spiro atoms. The number of allylic oxidation sites excluding steroid dienone is 1. The van der Waals surface area contributed by atoms with Crippen LogP contribution in [0.15, 0.2) is 11.6 Å². The lowest BCUT2D eigenvalue weighted by molar-refractivity contribution is 0.120. The van der Waals surface area contributed by atoms with Gasteiger partial charge in [0.2, 0.25) is 0 Å². The molecule has 3 heteroatoms. The number of methoxy groups -OCH3 is 1. The van der Waals surface area contributed by atoms with Gasteiger partial charge in [-0.3, -0.25) is 0 Å². The molecule has 3 nitrogen and oxygen atoms in total. The predicted octanol–water partition coefficient (Wildman–Crippen LogP) is 1.61. The average molecular weight is 168 g/mol. The third kappa shape index (κ3) is 2.00. The molecule has 1 radical (unpaired) electrons. The fourth-order valence-corrected chi connectivity index (χ4v) is 1.31. The van der Waals surface area contributed by atoms with Crippen LogP contribution in [0.1, 0.15) is 12.8 Å². The summed E-state index contributed by atoms with van der Waals surface area (Å²) in [5, 5.41) is 0. The lowest BCUT2D eigenvalue weighted by atomic mass is 10.0. The van der Waals surface area contributed by atoms with Gasteiger partial charge >= 0.3 is 6.09 Å². The van der Waals surface area contributed by atoms with Crippen molar-refractivity contribution in [3.05, 3.63) is 18.6 Å². The fraction of sp³-hybridized carbons (Fsp3) is 0.556. The highest BCUT2D eigenvalue weighted by molar-refractivity contribution is 5.67. The van der Waals surface area contributed by atoms with Crippen molar-refractivity contribution < 1.29 is 9.53 Å². The molecule has 1 rings (SSSR count). The van der Waals surface area contributed by atoms with Gasteiger partial charge in [-0.05, 0) is 19.8 Å². The monoisotopic (exact) mass is 168 g/mol. The van der Waals surface area contributed by atoms with Crippen LogP contribution in [0.2, 0.25) is 0 Å². The Morgan fingerprint density at radius 3 is 2.58 bits per heavy atom. The minimum absolute atomic E-state index is 0.224. The van der Waals surface area contributed by atoms with Gasteiger partial charge < -0.3 is 9.64 Å². The molecular formula is C9H14NO2. The zero-order valence-electron chi connectivity index (χ0n) is 7.38. The van der Waals surface area contributed by atoms with Gasteiger partial charge in [0.15, 0.2) is 0 Å². The Bertz CT molecular complexity index is 189. The van der Waals surface area contributed by atoms with Crippen LogP contribution in [0.4, 0.5) is 4.79 Å². The van der Waals surface area contributed by atoms with Crippen molar-refractivity contribution in [2.24, 2.45) is 0 Å². The lowest BCUT2D eigenvalue weighted by Crippen LogP contribution is -2.36. The Hall–Kier alpha value is -0.990. The summed E-state index contributed by atoms with van der Waals surface area (Å²) < 4.78 is 4.61. The molecule has 0 aromatic rings. The molecule has 1 saturated heterocycles. The van der Waals surface area contributed by atoms with Crippen molar-refractivity contribution in [3.8, 4) is 0 Å². The van der Waals surface area contributed by atoms with E-state index in [1.807, 2.05) is 6.08 Å². The molecule has 1 heterocycles. The molecule has 0 aromatic heterocycles. The first-order valence-electron chi connectivity index (χ1n) is 4.08. The molecule has 0 bridgehead atoms. The molecule has 0 saturated carbocycles. The summed E-state index contributed by atoms with van der Waals surface area (Å²) in [5.74, 6) is 0. The van der Waals surface area contributed by atoms with Gasteiger partial charge in [0, 0.05) is 13.1 Å². The normalized spacial score (nSPS) is 17.5. The van der Waals surface area contributed by atoms with E-state index in [0.29, 0.717) is 0 Å². The van der Waals surface area contributed by atoms with Crippen LogP contribution in [0.25, 0.3) is 0 Å². The van der Waals surface area contributed by atoms with E-state index in [2.05, 4.69) is 11.7 Å². The smallest absolute Gasteiger partial charge is 0.409 e. The van der Waals surface area contributed by atoms with Gasteiger partial charge in [0.05, 0.1) is 7.11 Å². The van der Waals surface area contributed by atoms with Crippen LogP contribution < -0.4 is 0 Å². The number of ether oxygens (including phenoxy) is 1. The number of nitrogens with zero attached hydrogens (tertiary/aromatic N) is 1. The Morgan fingerprint density at radius 1 is 1.58 bits per heavy atom. The Labute approximate surface area is 73.0 Å². The number of rotatable bonds is 0. The van der Waals surface area contributed by atoms with Crippen molar-refractivity contribution in [2.75, 3.05) is 20.2 Å². The first-order valence-corrected chi connectivity index (χ1v) is 4.08. The van der Waals surface area contributed by atoms with Gasteiger partial charge in [0.1, 0.15) is 0 Å². The van der Waals surface area contributed by atoms with E-state index in [9.17, 15) is 4.79 Å². The van der Waals surface area contributed by atoms with Crippen LogP contribution in [0, 0.1) is 6.92 Å². The van der Waals surface area contributed by atoms with E-state index < -0.39 is 0 Å². The molecule has 0 unspecified atom stereocenters. The topological polar surface area (TPSA) is 29.5 Å². The molecule has 12 heavy (non-hydrogen) atoms. The summed E-state index contributed by atoms with van der Waals surface area (Å²) in [7, 11) is 1.41. The number of carbonyl (C=O) groups is 1. The highest BCUT2D eigenvalue weighted by atomic mass is 16.5. The minimum Gasteiger partial charge on any atom is -0.453 e. The van der Waals surface area contributed by atoms with Gasteiger partial charge in [-0.2, -0.15) is 0 Å². The van der Waals surface area contributed by atoms with Crippen LogP contribution in [-0.2, 0) is 4.74 Å². The van der Waals surface area contributed by atoms with Gasteiger partial charge in [-0.15, -0.1) is 0 Å². The largest absolute Gasteiger partial charge is 0.453 e. The highest BCUT2D eigenvalue weighted by Crippen LogP contribution is 2.15. The number of likely N-dealkylation sites (tertiary alicyclic amines) is 1. The highest BCUT2D eigenvalue weighted by Gasteiger charge is 2.18. The summed E-state index contributed by atoms with van der Waals surface area (Å²) in [6.07, 6.45) is 3.52. The number of carbonyl (C=O) groups excluding carboxylic acids is 1. The maximum absolute atomic E-state index is 11.0. The van der Waals surface area contributed by atoms with E-state index in [4.69, 9.17) is 0 Å². The fourth-order valence-electron chi connectivity index (χ4n) is 1.31. The maximum Gasteiger partial charge on any atom is 0.409 e. The molecule has 0 atom stereocenters. The van der Waals surface area contributed by atoms with E-state index in [-0.39, 0.29) is 6.09 Å². The molecule has 1 aliphatic heterocycles. The standard InChI is InChI=1S/C9H14NO2/c1-3-8-4-6-10(7-5-8)9(11)12-2/h3H,1,4-7H2,2H3. The molecule has 1 amide bonds. The molecular weight excluding hydrogens is 154 g/mol. The Balaban J connectivity index is 2.41. The Kier molecular flexibility index (Phi) is 3.14. The van der Waals surface area contributed by atoms with Gasteiger partial charge in [0.25, 0.3) is 0 Å². The number of amides is 1. The van der Waals surface area contributed by atoms with Crippen molar-refractivity contribution in [2.45, 2.75) is 12.8 Å². The Morgan fingerprint density at radius 2 is 2.17 bits per heavy atom. The third-order valence-corrected chi connectivity index (χ3v) is 2.13. The number of hydrogen-bond donors (Lipinski definition) is 0. The van der Waals surface area contributed by atoms with Crippen LogP contribution in [0.3, 0.4) is 0 Å². The molecule has 1 aliphatic rings. The summed E-state index contributed by atoms with van der Waals surface area (Å²) in [5.41, 5.74) is 1.33. The van der Waals surface area contributed by atoms with Crippen molar-refractivity contribution in [1.82, 2.24) is 4.90 Å². The quantitative estimate of drug-likeness (QED) is 0.550. The van der Waals surface area contributed by atoms with E-state index in [0.717, 1.165) is 25.9 Å². The third-order valence-electron chi connectivity index (χ3n) is 2.13. The van der Waals surface area contributed by atoms with Crippen LogP contribution in [-0.4, -0.2) is 31.2 Å². The van der Waals surface area contributed by atoms with E-state index >= 15 is 0 Å². The predicted molar refractivity (Wildman–Crippen MR) is 46.7 cm³/mol. The van der Waals surface area contributed by atoms with Gasteiger partial charge in [-0.25, -0.2) is 4.79 Å². The summed E-state index contributed by atoms with van der Waals surface area (Å²) in [6, 6.07) is 0. The second-order valence-corrected chi connectivity index (χ2v) is 2.82. The number of hydrogen-bond acceptors (Lipinski definition) is 2. The van der Waals surface area contributed by atoms with Crippen molar-refractivity contribution >= 4 is 6.09 Å². The molecule has 0 aliphatic carbocycles. The molecule has 67 valence electrons. The zero-order chi connectivity index (χ0) is 8.97. The van der Waals surface area contributed by atoms with Crippen molar-refractivity contribution in [3.63, 3.8) is 0 Å². The average Bonchev–Trinajstić information content (AvgIpc) is 2.17. The minimum atomic E-state index is -0.224. The SMILES string of the molecule is [CH2]C=C1CCN(C(=O)OC)CC1. The molecule has 0 aromatic carbocycles. The first kappa shape index (κ1) is 9.10. The summed E-state index contributed by atoms with van der Waals surface area (Å²) in [6.45, 7) is 5.22. The lowest BCUT2D eigenvalue weighted by Gasteiger charge is -2.26. The van der Waals surface area contributed by atoms with E-state index in [1.54, 1.807) is 4.90 Å². The molecule has 1 fully saturated rings. The zero-order valence-corrected chi connectivity index (χ0v) is 7.38. The summed E-state index contributed by atoms with van der Waals surface area (Å²) >= 11 is 0. The van der Waals surface area contributed by atoms with Gasteiger partial charge in [-0.1, -0.05) is 11.6 Å². The maximum atomic E-state index is 11.0. The van der Waals surface area contributed by atoms with Crippen molar-refractivity contribution in [1.29, 1.82) is 0 Å². The second kappa shape index (κ2) is 4.14. The van der Waals surface area contributed by atoms with E-state index in [1.165, 1.54) is 12.7 Å². The summed E-state index contributed by atoms with van der Waals surface area (Å²) in [4.78, 5) is 12.7. The number of piperidine rings is 1. The van der Waals surface area contributed by atoms with Crippen LogP contribution >= 0.6 is 0 Å². The first-order chi connectivity index (χ1) is 5.77. The second-order valence-electron chi connectivity index (χ2n) is 2.82. The van der Waals surface area contributed by atoms with Crippen LogP contribution in [0.5, 0.6) is 0 Å². The molecule has 0 N–H and O–H groups in total.